The van der Waals surface area contributed by atoms with Gasteiger partial charge in [0.2, 0.25) is 6.71 Å². The van der Waals surface area contributed by atoms with Crippen LogP contribution in [0.25, 0.3) is 33.1 Å². The van der Waals surface area contributed by atoms with Crippen LogP contribution < -0.4 is 10.9 Å². The highest BCUT2D eigenvalue weighted by atomic mass is 15.0. The van der Waals surface area contributed by atoms with Gasteiger partial charge in [0.25, 0.3) is 0 Å². The molecule has 4 aromatic carbocycles. The van der Waals surface area contributed by atoms with Crippen molar-refractivity contribution >= 4 is 45.0 Å². The maximum Gasteiger partial charge on any atom is 0.238 e. The zero-order valence-electron chi connectivity index (χ0n) is 18.1. The van der Waals surface area contributed by atoms with Crippen LogP contribution in [0.15, 0.2) is 103 Å². The molecule has 1 aliphatic heterocycles. The molecule has 1 aromatic heterocycles. The second-order valence-electron chi connectivity index (χ2n) is 9.20. The predicted octanol–water partition coefficient (Wildman–Crippen LogP) is 6.27. The minimum atomic E-state index is 0.396. The molecule has 32 heavy (non-hydrogen) atoms. The first kappa shape index (κ1) is 18.1. The van der Waals surface area contributed by atoms with E-state index in [1.807, 2.05) is 0 Å². The average molecular weight is 409 g/mol. The first-order chi connectivity index (χ1) is 15.9. The molecule has 2 aliphatic rings. The Bertz CT molecular complexity index is 1510. The van der Waals surface area contributed by atoms with Crippen LogP contribution in [0.3, 0.4) is 0 Å². The van der Waals surface area contributed by atoms with E-state index in [9.17, 15) is 0 Å². The van der Waals surface area contributed by atoms with Crippen LogP contribution in [0, 0.1) is 0 Å². The van der Waals surface area contributed by atoms with Crippen molar-refractivity contribution in [3.8, 4) is 5.69 Å². The topological polar surface area (TPSA) is 4.93 Å². The third-order valence-corrected chi connectivity index (χ3v) is 7.49. The second-order valence-corrected chi connectivity index (χ2v) is 9.20. The first-order valence-corrected chi connectivity index (χ1v) is 11.8. The number of benzene rings is 4. The predicted molar refractivity (Wildman–Crippen MR) is 138 cm³/mol. The fraction of sp³-hybridized carbons (Fsp3) is 0.133. The van der Waals surface area contributed by atoms with Gasteiger partial charge in [-0.15, -0.1) is 0 Å². The Morgan fingerprint density at radius 2 is 1.34 bits per heavy atom. The molecule has 1 nitrogen and oxygen atoms in total. The molecule has 0 amide bonds. The van der Waals surface area contributed by atoms with Crippen molar-refractivity contribution in [2.24, 2.45) is 0 Å². The molecule has 0 saturated heterocycles. The fourth-order valence-corrected chi connectivity index (χ4v) is 6.16. The van der Waals surface area contributed by atoms with Crippen LogP contribution in [-0.2, 0) is 0 Å². The molecule has 0 saturated carbocycles. The summed E-state index contributed by atoms with van der Waals surface area (Å²) in [4.78, 5) is 0. The van der Waals surface area contributed by atoms with Gasteiger partial charge < -0.3 is 4.57 Å². The SMILES string of the molecule is c1ccc(B2C3=C(CCCC3)c3cc4c5ccccc5n(-c5ccccc5)c4cc32)cc1. The molecule has 152 valence electrons. The van der Waals surface area contributed by atoms with Crippen molar-refractivity contribution in [3.05, 3.63) is 108 Å². The molecule has 0 radical (unpaired) electrons. The molecule has 0 N–H and O–H groups in total. The number of hydrogen-bond donors (Lipinski definition) is 0. The van der Waals surface area contributed by atoms with Gasteiger partial charge in [-0.1, -0.05) is 83.1 Å². The monoisotopic (exact) mass is 409 g/mol. The zero-order valence-corrected chi connectivity index (χ0v) is 18.1. The summed E-state index contributed by atoms with van der Waals surface area (Å²) < 4.78 is 2.45. The van der Waals surface area contributed by atoms with Crippen molar-refractivity contribution in [2.75, 3.05) is 0 Å². The van der Waals surface area contributed by atoms with Crippen molar-refractivity contribution in [1.82, 2.24) is 4.57 Å². The maximum absolute atomic E-state index is 2.51. The van der Waals surface area contributed by atoms with Crippen LogP contribution in [0.5, 0.6) is 0 Å². The lowest BCUT2D eigenvalue weighted by Crippen LogP contribution is -2.42. The van der Waals surface area contributed by atoms with E-state index in [-0.39, 0.29) is 0 Å². The summed E-state index contributed by atoms with van der Waals surface area (Å²) in [5, 5.41) is 2.71. The van der Waals surface area contributed by atoms with Crippen molar-refractivity contribution < 1.29 is 0 Å². The maximum atomic E-state index is 2.51. The van der Waals surface area contributed by atoms with Crippen LogP contribution in [0.1, 0.15) is 31.2 Å². The van der Waals surface area contributed by atoms with Crippen LogP contribution in [0.4, 0.5) is 0 Å². The third kappa shape index (κ3) is 2.53. The normalized spacial score (nSPS) is 15.4. The minimum Gasteiger partial charge on any atom is -0.309 e. The summed E-state index contributed by atoms with van der Waals surface area (Å²) in [7, 11) is 0. The van der Waals surface area contributed by atoms with E-state index < -0.39 is 0 Å². The van der Waals surface area contributed by atoms with E-state index in [1.54, 1.807) is 11.0 Å². The molecular formula is C30H24BN. The highest BCUT2D eigenvalue weighted by molar-refractivity contribution is 6.93. The Labute approximate surface area is 189 Å². The highest BCUT2D eigenvalue weighted by Gasteiger charge is 2.37. The third-order valence-electron chi connectivity index (χ3n) is 7.49. The fourth-order valence-electron chi connectivity index (χ4n) is 6.16. The quantitative estimate of drug-likeness (QED) is 0.303. The summed E-state index contributed by atoms with van der Waals surface area (Å²) in [6.45, 7) is 0.396. The lowest BCUT2D eigenvalue weighted by molar-refractivity contribution is 0.734. The van der Waals surface area contributed by atoms with Gasteiger partial charge in [-0.3, -0.25) is 0 Å². The summed E-state index contributed by atoms with van der Waals surface area (Å²) in [6.07, 6.45) is 5.07. The molecule has 2 heteroatoms. The number of rotatable bonds is 2. The summed E-state index contributed by atoms with van der Waals surface area (Å²) in [5.74, 6) is 0. The molecule has 0 bridgehead atoms. The standard InChI is InChI=1S/C30H24BN/c1-3-11-21(12-4-1)31-27-17-9-7-15-23(27)25-19-26-24-16-8-10-18-29(24)32(30(26)20-28(25)31)22-13-5-2-6-14-22/h1-6,8,10-14,16,18-20H,7,9,15,17H2. The van der Waals surface area contributed by atoms with Crippen LogP contribution in [-0.4, -0.2) is 11.3 Å². The molecule has 0 unspecified atom stereocenters. The van der Waals surface area contributed by atoms with E-state index in [0.29, 0.717) is 6.71 Å². The minimum absolute atomic E-state index is 0.396. The number of para-hydroxylation sites is 2. The van der Waals surface area contributed by atoms with Gasteiger partial charge in [0.15, 0.2) is 0 Å². The van der Waals surface area contributed by atoms with Crippen molar-refractivity contribution in [3.63, 3.8) is 0 Å². The van der Waals surface area contributed by atoms with Gasteiger partial charge in [-0.05, 0) is 67.2 Å². The molecule has 2 heterocycles. The molecular weight excluding hydrogens is 385 g/mol. The number of nitrogens with zero attached hydrogens (tertiary/aromatic N) is 1. The molecule has 7 rings (SSSR count). The van der Waals surface area contributed by atoms with E-state index >= 15 is 0 Å². The van der Waals surface area contributed by atoms with Gasteiger partial charge >= 0.3 is 0 Å². The highest BCUT2D eigenvalue weighted by Crippen LogP contribution is 2.41. The summed E-state index contributed by atoms with van der Waals surface area (Å²) in [6, 6.07) is 35.8. The van der Waals surface area contributed by atoms with Gasteiger partial charge in [0, 0.05) is 16.5 Å². The molecule has 5 aromatic rings. The van der Waals surface area contributed by atoms with Crippen molar-refractivity contribution in [1.29, 1.82) is 0 Å². The van der Waals surface area contributed by atoms with E-state index in [0.717, 1.165) is 0 Å². The molecule has 0 fully saturated rings. The summed E-state index contributed by atoms with van der Waals surface area (Å²) >= 11 is 0. The van der Waals surface area contributed by atoms with Gasteiger partial charge in [-0.2, -0.15) is 0 Å². The van der Waals surface area contributed by atoms with Gasteiger partial charge in [-0.25, -0.2) is 0 Å². The van der Waals surface area contributed by atoms with E-state index in [1.165, 1.54) is 69.7 Å². The van der Waals surface area contributed by atoms with Crippen molar-refractivity contribution in [2.45, 2.75) is 25.7 Å². The Hall–Kier alpha value is -3.52. The molecule has 0 atom stereocenters. The largest absolute Gasteiger partial charge is 0.309 e. The van der Waals surface area contributed by atoms with Crippen LogP contribution in [0.2, 0.25) is 0 Å². The number of allylic oxidation sites excluding steroid dienone is 2. The van der Waals surface area contributed by atoms with E-state index in [2.05, 4.69) is 102 Å². The molecule has 0 spiro atoms. The Kier molecular flexibility index (Phi) is 3.96. The Balaban J connectivity index is 1.58. The van der Waals surface area contributed by atoms with Crippen LogP contribution >= 0.6 is 0 Å². The van der Waals surface area contributed by atoms with E-state index in [4.69, 9.17) is 0 Å². The average Bonchev–Trinajstić information content (AvgIpc) is 3.36. The Morgan fingerprint density at radius 1 is 0.625 bits per heavy atom. The lowest BCUT2D eigenvalue weighted by Gasteiger charge is -2.18. The number of aromatic nitrogens is 1. The van der Waals surface area contributed by atoms with Gasteiger partial charge in [0.05, 0.1) is 11.0 Å². The number of hydrogen-bond acceptors (Lipinski definition) is 0. The molecule has 1 aliphatic carbocycles. The zero-order chi connectivity index (χ0) is 21.1. The smallest absolute Gasteiger partial charge is 0.238 e. The lowest BCUT2D eigenvalue weighted by atomic mass is 9.37. The second kappa shape index (κ2) is 7.00. The first-order valence-electron chi connectivity index (χ1n) is 11.8. The number of fused-ring (bicyclic) bond motifs is 5. The summed E-state index contributed by atoms with van der Waals surface area (Å²) in [5.41, 5.74) is 11.5. The van der Waals surface area contributed by atoms with Gasteiger partial charge in [0.1, 0.15) is 0 Å². The Morgan fingerprint density at radius 3 is 2.19 bits per heavy atom.